The minimum Gasteiger partial charge on any atom is -0.493 e. The van der Waals surface area contributed by atoms with Crippen molar-refractivity contribution in [3.63, 3.8) is 0 Å². The largest absolute Gasteiger partial charge is 0.493 e. The first-order chi connectivity index (χ1) is 9.61. The molecular weight excluding hydrogens is 267 g/mol. The minimum absolute atomic E-state index is 0.0216. The summed E-state index contributed by atoms with van der Waals surface area (Å²) in [5.74, 6) is -3.13. The van der Waals surface area contributed by atoms with E-state index in [-0.39, 0.29) is 12.1 Å². The van der Waals surface area contributed by atoms with Crippen molar-refractivity contribution in [1.29, 1.82) is 0 Å². The number of benzene rings is 2. The van der Waals surface area contributed by atoms with E-state index in [0.29, 0.717) is 18.6 Å². The lowest BCUT2D eigenvalue weighted by atomic mass is 9.97. The summed E-state index contributed by atoms with van der Waals surface area (Å²) in [7, 11) is 0. The van der Waals surface area contributed by atoms with Gasteiger partial charge in [-0.15, -0.1) is 0 Å². The molecule has 104 valence electrons. The second kappa shape index (κ2) is 4.83. The van der Waals surface area contributed by atoms with Crippen LogP contribution in [0.5, 0.6) is 5.75 Å². The van der Waals surface area contributed by atoms with Gasteiger partial charge in [-0.1, -0.05) is 0 Å². The molecule has 1 heterocycles. The topological polar surface area (TPSA) is 35.2 Å². The molecule has 2 aromatic rings. The number of rotatable bonds is 2. The van der Waals surface area contributed by atoms with Gasteiger partial charge in [0.1, 0.15) is 5.75 Å². The summed E-state index contributed by atoms with van der Waals surface area (Å²) in [6.45, 7) is 0.785. The monoisotopic (exact) mass is 279 g/mol. The van der Waals surface area contributed by atoms with Crippen LogP contribution >= 0.6 is 0 Å². The minimum atomic E-state index is -1.46. The van der Waals surface area contributed by atoms with Crippen molar-refractivity contribution in [2.75, 3.05) is 6.61 Å². The Balaban J connectivity index is 2.18. The maximum Gasteiger partial charge on any atom is 0.195 e. The van der Waals surface area contributed by atoms with E-state index >= 15 is 0 Å². The van der Waals surface area contributed by atoms with Gasteiger partial charge in [-0.2, -0.15) is 0 Å². The quantitative estimate of drug-likeness (QED) is 0.857. The van der Waals surface area contributed by atoms with Crippen LogP contribution < -0.4 is 10.5 Å². The number of hydrogen-bond donors (Lipinski definition) is 1. The number of halogens is 3. The Labute approximate surface area is 114 Å². The van der Waals surface area contributed by atoms with Crippen LogP contribution in [0.1, 0.15) is 11.1 Å². The third-order valence-electron chi connectivity index (χ3n) is 3.43. The molecule has 20 heavy (non-hydrogen) atoms. The van der Waals surface area contributed by atoms with Gasteiger partial charge in [0.05, 0.1) is 6.61 Å². The van der Waals surface area contributed by atoms with Crippen molar-refractivity contribution in [1.82, 2.24) is 0 Å². The molecule has 1 aliphatic heterocycles. The summed E-state index contributed by atoms with van der Waals surface area (Å²) in [6, 6.07) is 5.53. The Morgan fingerprint density at radius 1 is 1.10 bits per heavy atom. The highest BCUT2D eigenvalue weighted by molar-refractivity contribution is 5.68. The summed E-state index contributed by atoms with van der Waals surface area (Å²) < 4.78 is 45.7. The summed E-state index contributed by atoms with van der Waals surface area (Å²) in [5, 5.41) is 0. The van der Waals surface area contributed by atoms with Gasteiger partial charge in [0.25, 0.3) is 0 Å². The van der Waals surface area contributed by atoms with Gasteiger partial charge in [0.15, 0.2) is 17.5 Å². The van der Waals surface area contributed by atoms with E-state index in [0.717, 1.165) is 22.9 Å². The lowest BCUT2D eigenvalue weighted by Gasteiger charge is -2.11. The zero-order valence-electron chi connectivity index (χ0n) is 10.6. The van der Waals surface area contributed by atoms with Crippen molar-refractivity contribution in [3.05, 3.63) is 52.8 Å². The highest BCUT2D eigenvalue weighted by Crippen LogP contribution is 2.35. The fraction of sp³-hybridized carbons (Fsp3) is 0.200. The van der Waals surface area contributed by atoms with E-state index in [1.54, 1.807) is 12.1 Å². The van der Waals surface area contributed by atoms with Gasteiger partial charge < -0.3 is 10.5 Å². The summed E-state index contributed by atoms with van der Waals surface area (Å²) >= 11 is 0. The Bertz CT molecular complexity index is 685. The first-order valence-corrected chi connectivity index (χ1v) is 6.24. The molecule has 2 N–H and O–H groups in total. The second-order valence-corrected chi connectivity index (χ2v) is 4.65. The highest BCUT2D eigenvalue weighted by Gasteiger charge is 2.20. The van der Waals surface area contributed by atoms with Gasteiger partial charge in [-0.3, -0.25) is 0 Å². The Kier molecular flexibility index (Phi) is 3.14. The van der Waals surface area contributed by atoms with Crippen LogP contribution in [0.15, 0.2) is 24.3 Å². The molecule has 0 amide bonds. The van der Waals surface area contributed by atoms with Gasteiger partial charge in [0.2, 0.25) is 0 Å². The predicted octanol–water partition coefficient (Wildman–Crippen LogP) is 3.16. The number of nitrogens with two attached hydrogens (primary N) is 1. The molecule has 0 spiro atoms. The van der Waals surface area contributed by atoms with E-state index in [1.807, 2.05) is 0 Å². The molecule has 0 bridgehead atoms. The normalized spacial score (nSPS) is 13.2. The van der Waals surface area contributed by atoms with E-state index < -0.39 is 17.5 Å². The second-order valence-electron chi connectivity index (χ2n) is 4.65. The van der Waals surface area contributed by atoms with Crippen molar-refractivity contribution < 1.29 is 17.9 Å². The van der Waals surface area contributed by atoms with Gasteiger partial charge in [-0.25, -0.2) is 13.2 Å². The Hall–Kier alpha value is -2.01. The van der Waals surface area contributed by atoms with E-state index in [2.05, 4.69) is 0 Å². The molecule has 5 heteroatoms. The van der Waals surface area contributed by atoms with Crippen molar-refractivity contribution in [2.45, 2.75) is 13.0 Å². The molecule has 0 fully saturated rings. The number of ether oxygens (including phenoxy) is 1. The van der Waals surface area contributed by atoms with Gasteiger partial charge in [0, 0.05) is 24.1 Å². The average Bonchev–Trinajstić information content (AvgIpc) is 2.92. The molecule has 1 aliphatic rings. The lowest BCUT2D eigenvalue weighted by molar-refractivity contribution is 0.353. The summed E-state index contributed by atoms with van der Waals surface area (Å²) in [4.78, 5) is 0. The Morgan fingerprint density at radius 2 is 1.90 bits per heavy atom. The molecular formula is C15H12F3NO. The Morgan fingerprint density at radius 3 is 2.65 bits per heavy atom. The smallest absolute Gasteiger partial charge is 0.195 e. The molecule has 0 radical (unpaired) electrons. The zero-order valence-corrected chi connectivity index (χ0v) is 10.6. The van der Waals surface area contributed by atoms with Crippen LogP contribution in [0, 0.1) is 17.5 Å². The van der Waals surface area contributed by atoms with E-state index in [4.69, 9.17) is 10.5 Å². The fourth-order valence-electron chi connectivity index (χ4n) is 2.44. The zero-order chi connectivity index (χ0) is 14.3. The van der Waals surface area contributed by atoms with Crippen LogP contribution in [0.25, 0.3) is 11.1 Å². The van der Waals surface area contributed by atoms with E-state index in [1.165, 1.54) is 6.07 Å². The maximum absolute atomic E-state index is 13.9. The number of hydrogen-bond acceptors (Lipinski definition) is 2. The third-order valence-corrected chi connectivity index (χ3v) is 3.43. The molecule has 0 saturated heterocycles. The predicted molar refractivity (Wildman–Crippen MR) is 68.8 cm³/mol. The average molecular weight is 279 g/mol. The molecule has 0 unspecified atom stereocenters. The molecule has 3 rings (SSSR count). The molecule has 0 aliphatic carbocycles. The van der Waals surface area contributed by atoms with Crippen molar-refractivity contribution in [3.8, 4) is 16.9 Å². The SMILES string of the molecule is NCc1cc(-c2ccc(F)c(F)c2F)cc2c1OCC2. The van der Waals surface area contributed by atoms with Gasteiger partial charge >= 0.3 is 0 Å². The number of fused-ring (bicyclic) bond motifs is 1. The summed E-state index contributed by atoms with van der Waals surface area (Å²) in [6.07, 6.45) is 0.696. The third kappa shape index (κ3) is 1.94. The van der Waals surface area contributed by atoms with E-state index in [9.17, 15) is 13.2 Å². The van der Waals surface area contributed by atoms with Crippen molar-refractivity contribution >= 4 is 0 Å². The van der Waals surface area contributed by atoms with Crippen molar-refractivity contribution in [2.24, 2.45) is 5.73 Å². The van der Waals surface area contributed by atoms with Crippen LogP contribution in [0.3, 0.4) is 0 Å². The van der Waals surface area contributed by atoms with Crippen LogP contribution in [-0.4, -0.2) is 6.61 Å². The van der Waals surface area contributed by atoms with Crippen LogP contribution in [0.2, 0.25) is 0 Å². The molecule has 2 nitrogen and oxygen atoms in total. The van der Waals surface area contributed by atoms with Crippen LogP contribution in [0.4, 0.5) is 13.2 Å². The molecule has 0 atom stereocenters. The molecule has 2 aromatic carbocycles. The maximum atomic E-state index is 13.9. The molecule has 0 saturated carbocycles. The fourth-order valence-corrected chi connectivity index (χ4v) is 2.44. The first-order valence-electron chi connectivity index (χ1n) is 6.24. The standard InChI is InChI=1S/C15H12F3NO/c16-12-2-1-11(13(17)14(12)18)9-5-8-3-4-20-15(8)10(6-9)7-19/h1-2,5-6H,3-4,7,19H2. The lowest BCUT2D eigenvalue weighted by Crippen LogP contribution is -2.01. The van der Waals surface area contributed by atoms with Gasteiger partial charge in [-0.05, 0) is 35.4 Å². The summed E-state index contributed by atoms with van der Waals surface area (Å²) in [5.41, 5.74) is 7.80. The molecule has 0 aromatic heterocycles. The highest BCUT2D eigenvalue weighted by atomic mass is 19.2. The first kappa shape index (κ1) is 13.0. The van der Waals surface area contributed by atoms with Crippen LogP contribution in [-0.2, 0) is 13.0 Å².